The molecule has 3 nitrogen and oxygen atoms in total. The first kappa shape index (κ1) is 13.0. The SMILES string of the molecule is Cc1ccsc1CCN(C)CN1CCNCC1. The summed E-state index contributed by atoms with van der Waals surface area (Å²) in [6.45, 7) is 9.11. The van der Waals surface area contributed by atoms with Gasteiger partial charge in [-0.1, -0.05) is 0 Å². The van der Waals surface area contributed by atoms with Crippen LogP contribution in [0.4, 0.5) is 0 Å². The van der Waals surface area contributed by atoms with Gasteiger partial charge in [0.25, 0.3) is 0 Å². The van der Waals surface area contributed by atoms with E-state index in [2.05, 4.69) is 40.5 Å². The van der Waals surface area contributed by atoms with Crippen LogP contribution in [-0.4, -0.2) is 56.2 Å². The lowest BCUT2D eigenvalue weighted by Gasteiger charge is -2.31. The van der Waals surface area contributed by atoms with Gasteiger partial charge < -0.3 is 5.32 Å². The van der Waals surface area contributed by atoms with Crippen LogP contribution in [0.5, 0.6) is 0 Å². The van der Waals surface area contributed by atoms with E-state index in [1.165, 1.54) is 30.0 Å². The lowest BCUT2D eigenvalue weighted by atomic mass is 10.2. The number of aryl methyl sites for hydroxylation is 1. The van der Waals surface area contributed by atoms with Gasteiger partial charge in [0, 0.05) is 37.6 Å². The van der Waals surface area contributed by atoms with Crippen LogP contribution >= 0.6 is 11.3 Å². The Labute approximate surface area is 108 Å². The van der Waals surface area contributed by atoms with Gasteiger partial charge >= 0.3 is 0 Å². The monoisotopic (exact) mass is 253 g/mol. The molecule has 0 radical (unpaired) electrons. The number of rotatable bonds is 5. The van der Waals surface area contributed by atoms with Crippen LogP contribution in [0.25, 0.3) is 0 Å². The smallest absolute Gasteiger partial charge is 0.0504 e. The van der Waals surface area contributed by atoms with Gasteiger partial charge in [-0.05, 0) is 37.4 Å². The zero-order chi connectivity index (χ0) is 12.1. The molecule has 2 heterocycles. The Kier molecular flexibility index (Phi) is 4.98. The van der Waals surface area contributed by atoms with Crippen molar-refractivity contribution in [3.8, 4) is 0 Å². The Bertz CT molecular complexity index is 331. The topological polar surface area (TPSA) is 18.5 Å². The quantitative estimate of drug-likeness (QED) is 0.855. The Hall–Kier alpha value is -0.420. The number of hydrogen-bond acceptors (Lipinski definition) is 4. The van der Waals surface area contributed by atoms with Gasteiger partial charge in [0.2, 0.25) is 0 Å². The van der Waals surface area contributed by atoms with Gasteiger partial charge in [-0.2, -0.15) is 0 Å². The number of hydrogen-bond donors (Lipinski definition) is 1. The molecular formula is C13H23N3S. The largest absolute Gasteiger partial charge is 0.314 e. The van der Waals surface area contributed by atoms with E-state index in [-0.39, 0.29) is 0 Å². The van der Waals surface area contributed by atoms with Crippen molar-refractivity contribution in [3.05, 3.63) is 21.9 Å². The van der Waals surface area contributed by atoms with Crippen molar-refractivity contribution < 1.29 is 0 Å². The Balaban J connectivity index is 1.70. The summed E-state index contributed by atoms with van der Waals surface area (Å²) in [5.74, 6) is 0. The van der Waals surface area contributed by atoms with Gasteiger partial charge in [0.15, 0.2) is 0 Å². The highest BCUT2D eigenvalue weighted by atomic mass is 32.1. The van der Waals surface area contributed by atoms with Crippen LogP contribution in [0, 0.1) is 6.92 Å². The number of thiophene rings is 1. The maximum Gasteiger partial charge on any atom is 0.0504 e. The van der Waals surface area contributed by atoms with Crippen LogP contribution in [0.3, 0.4) is 0 Å². The summed E-state index contributed by atoms with van der Waals surface area (Å²) in [6.07, 6.45) is 1.19. The van der Waals surface area contributed by atoms with E-state index in [1.807, 2.05) is 11.3 Å². The first-order valence-electron chi connectivity index (χ1n) is 6.40. The molecule has 1 aromatic rings. The number of nitrogens with one attached hydrogen (secondary N) is 1. The average Bonchev–Trinajstić information content (AvgIpc) is 2.74. The zero-order valence-corrected chi connectivity index (χ0v) is 11.7. The summed E-state index contributed by atoms with van der Waals surface area (Å²) in [7, 11) is 2.23. The molecule has 1 aliphatic rings. The van der Waals surface area contributed by atoms with Crippen molar-refractivity contribution in [2.24, 2.45) is 0 Å². The molecule has 1 aromatic heterocycles. The molecule has 0 atom stereocenters. The highest BCUT2D eigenvalue weighted by molar-refractivity contribution is 7.10. The molecule has 2 rings (SSSR count). The minimum absolute atomic E-state index is 1.10. The van der Waals surface area contributed by atoms with E-state index in [0.717, 1.165) is 26.3 Å². The molecule has 17 heavy (non-hydrogen) atoms. The maximum absolute atomic E-state index is 3.39. The normalized spacial score (nSPS) is 17.8. The fraction of sp³-hybridized carbons (Fsp3) is 0.692. The second-order valence-electron chi connectivity index (χ2n) is 4.87. The lowest BCUT2D eigenvalue weighted by Crippen LogP contribution is -2.47. The van der Waals surface area contributed by atoms with Crippen molar-refractivity contribution in [2.75, 3.05) is 46.4 Å². The second-order valence-corrected chi connectivity index (χ2v) is 5.87. The predicted octanol–water partition coefficient (Wildman–Crippen LogP) is 1.39. The van der Waals surface area contributed by atoms with Crippen LogP contribution < -0.4 is 5.32 Å². The third-order valence-corrected chi connectivity index (χ3v) is 4.42. The van der Waals surface area contributed by atoms with E-state index in [9.17, 15) is 0 Å². The fourth-order valence-electron chi connectivity index (χ4n) is 2.22. The zero-order valence-electron chi connectivity index (χ0n) is 10.9. The first-order valence-corrected chi connectivity index (χ1v) is 7.28. The van der Waals surface area contributed by atoms with E-state index < -0.39 is 0 Å². The Morgan fingerprint density at radius 3 is 2.82 bits per heavy atom. The molecule has 4 heteroatoms. The van der Waals surface area contributed by atoms with E-state index in [0.29, 0.717) is 0 Å². The third kappa shape index (κ3) is 4.07. The van der Waals surface area contributed by atoms with Gasteiger partial charge in [-0.3, -0.25) is 9.80 Å². The third-order valence-electron chi connectivity index (χ3n) is 3.34. The molecular weight excluding hydrogens is 230 g/mol. The van der Waals surface area contributed by atoms with Crippen molar-refractivity contribution in [3.63, 3.8) is 0 Å². The maximum atomic E-state index is 3.39. The van der Waals surface area contributed by atoms with Crippen molar-refractivity contribution in [1.29, 1.82) is 0 Å². The highest BCUT2D eigenvalue weighted by Gasteiger charge is 2.11. The molecule has 0 bridgehead atoms. The summed E-state index contributed by atoms with van der Waals surface area (Å²) < 4.78 is 0. The van der Waals surface area contributed by atoms with E-state index >= 15 is 0 Å². The van der Waals surface area contributed by atoms with Crippen molar-refractivity contribution in [2.45, 2.75) is 13.3 Å². The molecule has 1 N–H and O–H groups in total. The molecule has 1 aliphatic heterocycles. The lowest BCUT2D eigenvalue weighted by molar-refractivity contribution is 0.141. The molecule has 0 aromatic carbocycles. The fourth-order valence-corrected chi connectivity index (χ4v) is 3.12. The summed E-state index contributed by atoms with van der Waals surface area (Å²) in [5, 5.41) is 5.59. The standard InChI is InChI=1S/C13H23N3S/c1-12-4-10-17-13(12)3-7-15(2)11-16-8-5-14-6-9-16/h4,10,14H,3,5-9,11H2,1-2H3. The molecule has 1 fully saturated rings. The number of likely N-dealkylation sites (N-methyl/N-ethyl adjacent to an activating group) is 1. The van der Waals surface area contributed by atoms with Crippen LogP contribution in [0.2, 0.25) is 0 Å². The molecule has 1 saturated heterocycles. The molecule has 0 aliphatic carbocycles. The second kappa shape index (κ2) is 6.50. The van der Waals surface area contributed by atoms with Crippen molar-refractivity contribution in [1.82, 2.24) is 15.1 Å². The van der Waals surface area contributed by atoms with Gasteiger partial charge in [-0.25, -0.2) is 0 Å². The first-order chi connectivity index (χ1) is 8.25. The summed E-state index contributed by atoms with van der Waals surface area (Å²) in [6, 6.07) is 2.22. The van der Waals surface area contributed by atoms with E-state index in [4.69, 9.17) is 0 Å². The minimum atomic E-state index is 1.10. The van der Waals surface area contributed by atoms with Crippen molar-refractivity contribution >= 4 is 11.3 Å². The van der Waals surface area contributed by atoms with Gasteiger partial charge in [0.1, 0.15) is 0 Å². The highest BCUT2D eigenvalue weighted by Crippen LogP contribution is 2.16. The molecule has 0 unspecified atom stereocenters. The summed E-state index contributed by atoms with van der Waals surface area (Å²) in [5.41, 5.74) is 1.45. The number of piperazine rings is 1. The number of nitrogens with zero attached hydrogens (tertiary/aromatic N) is 2. The summed E-state index contributed by atoms with van der Waals surface area (Å²) >= 11 is 1.89. The molecule has 0 amide bonds. The Morgan fingerprint density at radius 1 is 1.41 bits per heavy atom. The van der Waals surface area contributed by atoms with Gasteiger partial charge in [-0.15, -0.1) is 11.3 Å². The van der Waals surface area contributed by atoms with Crippen LogP contribution in [0.1, 0.15) is 10.4 Å². The summed E-state index contributed by atoms with van der Waals surface area (Å²) in [4.78, 5) is 6.50. The van der Waals surface area contributed by atoms with Gasteiger partial charge in [0.05, 0.1) is 6.67 Å². The predicted molar refractivity (Wildman–Crippen MR) is 74.7 cm³/mol. The Morgan fingerprint density at radius 2 is 2.18 bits per heavy atom. The van der Waals surface area contributed by atoms with Crippen LogP contribution in [0.15, 0.2) is 11.4 Å². The molecule has 0 spiro atoms. The minimum Gasteiger partial charge on any atom is -0.314 e. The molecule has 96 valence electrons. The molecule has 0 saturated carbocycles. The average molecular weight is 253 g/mol. The van der Waals surface area contributed by atoms with E-state index in [1.54, 1.807) is 0 Å². The van der Waals surface area contributed by atoms with Crippen LogP contribution in [-0.2, 0) is 6.42 Å².